The number of nitrogens with zero attached hydrogens (tertiary/aromatic N) is 1. The Labute approximate surface area is 180 Å². The van der Waals surface area contributed by atoms with Gasteiger partial charge in [-0.25, -0.2) is 0 Å². The van der Waals surface area contributed by atoms with Crippen molar-refractivity contribution in [2.45, 2.75) is 39.2 Å². The first kappa shape index (κ1) is 22.0. The summed E-state index contributed by atoms with van der Waals surface area (Å²) in [5.41, 5.74) is 1.01. The van der Waals surface area contributed by atoms with Crippen LogP contribution < -0.4 is 15.5 Å². The molecule has 1 unspecified atom stereocenters. The molecule has 1 aliphatic rings. The number of carbonyl (C=O) groups excluding carboxylic acids is 3. The smallest absolute Gasteiger partial charge is 0.313 e. The quantitative estimate of drug-likeness (QED) is 0.637. The highest BCUT2D eigenvalue weighted by molar-refractivity contribution is 7.10. The largest absolute Gasteiger partial charge is 0.383 e. The zero-order valence-corrected chi connectivity index (χ0v) is 18.2. The predicted octanol–water partition coefficient (Wildman–Crippen LogP) is 2.65. The zero-order chi connectivity index (χ0) is 21.9. The molecule has 0 aliphatic carbocycles. The Bertz CT molecular complexity index is 938. The Morgan fingerprint density at radius 2 is 2.00 bits per heavy atom. The van der Waals surface area contributed by atoms with Gasteiger partial charge in [0, 0.05) is 28.7 Å². The standard InChI is InChI=1S/C22H27N3O4S/c1-14(2)21(28)25-10-4-6-15-8-9-16(12-17(15)25)24-20(27)19(26)23-13-22(3,29)18-7-5-11-30-18/h5,7-9,11-12,14,29H,4,6,10,13H2,1-3H3,(H,23,26)(H,24,27). The van der Waals surface area contributed by atoms with E-state index < -0.39 is 17.4 Å². The zero-order valence-electron chi connectivity index (χ0n) is 17.4. The number of fused-ring (bicyclic) bond motifs is 1. The van der Waals surface area contributed by atoms with Gasteiger partial charge in [-0.05, 0) is 48.9 Å². The summed E-state index contributed by atoms with van der Waals surface area (Å²) in [7, 11) is 0. The van der Waals surface area contributed by atoms with Crippen molar-refractivity contribution in [2.75, 3.05) is 23.3 Å². The number of hydrogen-bond acceptors (Lipinski definition) is 5. The van der Waals surface area contributed by atoms with E-state index >= 15 is 0 Å². The van der Waals surface area contributed by atoms with Crippen LogP contribution in [0.25, 0.3) is 0 Å². The fourth-order valence-corrected chi connectivity index (χ4v) is 4.17. The summed E-state index contributed by atoms with van der Waals surface area (Å²) in [6.07, 6.45) is 1.76. The highest BCUT2D eigenvalue weighted by Gasteiger charge is 2.27. The number of carbonyl (C=O) groups is 3. The molecule has 0 spiro atoms. The summed E-state index contributed by atoms with van der Waals surface area (Å²) in [5, 5.41) is 17.4. The molecular weight excluding hydrogens is 402 g/mol. The second kappa shape index (κ2) is 8.97. The van der Waals surface area contributed by atoms with Crippen LogP contribution in [0, 0.1) is 5.92 Å². The van der Waals surface area contributed by atoms with Gasteiger partial charge in [-0.15, -0.1) is 11.3 Å². The van der Waals surface area contributed by atoms with Crippen LogP contribution in [-0.4, -0.2) is 35.9 Å². The molecule has 2 aromatic rings. The van der Waals surface area contributed by atoms with Crippen molar-refractivity contribution in [1.29, 1.82) is 0 Å². The second-order valence-corrected chi connectivity index (χ2v) is 8.93. The normalized spacial score (nSPS) is 15.3. The van der Waals surface area contributed by atoms with Crippen molar-refractivity contribution in [2.24, 2.45) is 5.92 Å². The third-order valence-electron chi connectivity index (χ3n) is 5.07. The van der Waals surface area contributed by atoms with E-state index in [4.69, 9.17) is 0 Å². The van der Waals surface area contributed by atoms with Crippen LogP contribution >= 0.6 is 11.3 Å². The van der Waals surface area contributed by atoms with Crippen LogP contribution in [-0.2, 0) is 26.4 Å². The third kappa shape index (κ3) is 4.88. The fourth-order valence-electron chi connectivity index (χ4n) is 3.39. The second-order valence-electron chi connectivity index (χ2n) is 7.98. The van der Waals surface area contributed by atoms with Gasteiger partial charge in [-0.2, -0.15) is 0 Å². The number of thiophene rings is 1. The maximum atomic E-state index is 12.5. The molecule has 1 atom stereocenters. The van der Waals surface area contributed by atoms with E-state index in [-0.39, 0.29) is 18.4 Å². The minimum Gasteiger partial charge on any atom is -0.383 e. The van der Waals surface area contributed by atoms with E-state index in [2.05, 4.69) is 10.6 Å². The van der Waals surface area contributed by atoms with E-state index in [1.807, 2.05) is 31.4 Å². The minimum atomic E-state index is -1.26. The van der Waals surface area contributed by atoms with Crippen LogP contribution in [0.3, 0.4) is 0 Å². The number of aliphatic hydroxyl groups is 1. The van der Waals surface area contributed by atoms with Gasteiger partial charge in [0.15, 0.2) is 0 Å². The molecule has 8 heteroatoms. The highest BCUT2D eigenvalue weighted by Crippen LogP contribution is 2.31. The molecule has 0 fully saturated rings. The third-order valence-corrected chi connectivity index (χ3v) is 6.20. The minimum absolute atomic E-state index is 0.0352. The molecule has 3 rings (SSSR count). The van der Waals surface area contributed by atoms with Crippen LogP contribution in [0.4, 0.5) is 11.4 Å². The van der Waals surface area contributed by atoms with Gasteiger partial charge in [-0.3, -0.25) is 14.4 Å². The van der Waals surface area contributed by atoms with Crippen molar-refractivity contribution in [3.63, 3.8) is 0 Å². The number of amides is 3. The van der Waals surface area contributed by atoms with Gasteiger partial charge >= 0.3 is 11.8 Å². The van der Waals surface area contributed by atoms with Gasteiger partial charge in [0.05, 0.1) is 6.54 Å². The van der Waals surface area contributed by atoms with E-state index in [0.717, 1.165) is 24.1 Å². The monoisotopic (exact) mass is 429 g/mol. The van der Waals surface area contributed by atoms with Gasteiger partial charge in [0.25, 0.3) is 0 Å². The Morgan fingerprint density at radius 3 is 2.67 bits per heavy atom. The van der Waals surface area contributed by atoms with Gasteiger partial charge < -0.3 is 20.6 Å². The van der Waals surface area contributed by atoms with E-state index in [0.29, 0.717) is 17.1 Å². The van der Waals surface area contributed by atoms with E-state index in [9.17, 15) is 19.5 Å². The molecule has 2 heterocycles. The molecule has 30 heavy (non-hydrogen) atoms. The molecule has 0 saturated carbocycles. The van der Waals surface area contributed by atoms with E-state index in [1.54, 1.807) is 30.0 Å². The van der Waals surface area contributed by atoms with Crippen molar-refractivity contribution in [3.05, 3.63) is 46.2 Å². The molecular formula is C22H27N3O4S. The lowest BCUT2D eigenvalue weighted by molar-refractivity contribution is -0.136. The Hall–Kier alpha value is -2.71. The lowest BCUT2D eigenvalue weighted by Crippen LogP contribution is -2.43. The maximum absolute atomic E-state index is 12.5. The molecule has 7 nitrogen and oxygen atoms in total. The van der Waals surface area contributed by atoms with Gasteiger partial charge in [-0.1, -0.05) is 26.0 Å². The number of rotatable bonds is 5. The average molecular weight is 430 g/mol. The summed E-state index contributed by atoms with van der Waals surface area (Å²) < 4.78 is 0. The molecule has 3 N–H and O–H groups in total. The lowest BCUT2D eigenvalue weighted by Gasteiger charge is -2.31. The Balaban J connectivity index is 1.66. The summed E-state index contributed by atoms with van der Waals surface area (Å²) in [6.45, 7) is 5.86. The van der Waals surface area contributed by atoms with Gasteiger partial charge in [0.1, 0.15) is 5.60 Å². The van der Waals surface area contributed by atoms with Crippen molar-refractivity contribution in [3.8, 4) is 0 Å². The average Bonchev–Trinajstić information content (AvgIpc) is 3.27. The Kier molecular flexibility index (Phi) is 6.58. The molecule has 1 aromatic carbocycles. The predicted molar refractivity (Wildman–Crippen MR) is 117 cm³/mol. The number of anilines is 2. The molecule has 0 radical (unpaired) electrons. The highest BCUT2D eigenvalue weighted by atomic mass is 32.1. The number of benzene rings is 1. The molecule has 3 amide bonds. The topological polar surface area (TPSA) is 98.7 Å². The van der Waals surface area contributed by atoms with Crippen LogP contribution in [0.1, 0.15) is 37.6 Å². The first-order valence-corrected chi connectivity index (χ1v) is 10.9. The van der Waals surface area contributed by atoms with Crippen molar-refractivity contribution >= 4 is 40.4 Å². The lowest BCUT2D eigenvalue weighted by atomic mass is 9.99. The first-order chi connectivity index (χ1) is 14.2. The molecule has 160 valence electrons. The van der Waals surface area contributed by atoms with Crippen molar-refractivity contribution < 1.29 is 19.5 Å². The van der Waals surface area contributed by atoms with Crippen LogP contribution in [0.2, 0.25) is 0 Å². The molecule has 0 saturated heterocycles. The Morgan fingerprint density at radius 1 is 1.23 bits per heavy atom. The SMILES string of the molecule is CC(C)C(=O)N1CCCc2ccc(NC(=O)C(=O)NCC(C)(O)c3cccs3)cc21. The summed E-state index contributed by atoms with van der Waals surface area (Å²) >= 11 is 1.38. The maximum Gasteiger partial charge on any atom is 0.313 e. The molecule has 1 aromatic heterocycles. The summed E-state index contributed by atoms with van der Waals surface area (Å²) in [4.78, 5) is 39.5. The first-order valence-electron chi connectivity index (χ1n) is 9.99. The van der Waals surface area contributed by atoms with Crippen LogP contribution in [0.5, 0.6) is 0 Å². The fraction of sp³-hybridized carbons (Fsp3) is 0.409. The molecule has 1 aliphatic heterocycles. The number of aryl methyl sites for hydroxylation is 1. The molecule has 0 bridgehead atoms. The number of hydrogen-bond donors (Lipinski definition) is 3. The van der Waals surface area contributed by atoms with Crippen LogP contribution in [0.15, 0.2) is 35.7 Å². The summed E-state index contributed by atoms with van der Waals surface area (Å²) in [5.74, 6) is -1.75. The number of nitrogens with one attached hydrogen (secondary N) is 2. The van der Waals surface area contributed by atoms with E-state index in [1.165, 1.54) is 11.3 Å². The van der Waals surface area contributed by atoms with Crippen molar-refractivity contribution in [1.82, 2.24) is 5.32 Å². The summed E-state index contributed by atoms with van der Waals surface area (Å²) in [6, 6.07) is 8.93. The van der Waals surface area contributed by atoms with Gasteiger partial charge in [0.2, 0.25) is 5.91 Å².